The van der Waals surface area contributed by atoms with E-state index in [0.717, 1.165) is 13.0 Å². The highest BCUT2D eigenvalue weighted by atomic mass is 35.5. The van der Waals surface area contributed by atoms with E-state index < -0.39 is 0 Å². The summed E-state index contributed by atoms with van der Waals surface area (Å²) >= 11 is 11.8. The third-order valence-corrected chi connectivity index (χ3v) is 3.18. The molecule has 1 aromatic carbocycles. The van der Waals surface area contributed by atoms with E-state index >= 15 is 0 Å². The zero-order valence-corrected chi connectivity index (χ0v) is 12.9. The van der Waals surface area contributed by atoms with Gasteiger partial charge in [-0.25, -0.2) is 0 Å². The fraction of sp³-hybridized carbons (Fsp3) is 0.214. The second kappa shape index (κ2) is 7.24. The summed E-state index contributed by atoms with van der Waals surface area (Å²) in [6, 6.07) is 8.15. The lowest BCUT2D eigenvalue weighted by Gasteiger charge is -2.07. The van der Waals surface area contributed by atoms with Crippen molar-refractivity contribution < 1.29 is 4.79 Å². The standard InChI is InChI=1S/C14H14Cl2N4O/c1-2-7-17-13-6-5-12(19-20-13)14(21)18-11-4-3-9(15)8-10(11)16/h3-6,8H,2,7H2,1H3,(H,17,20)(H,18,21). The van der Waals surface area contributed by atoms with Gasteiger partial charge in [0.05, 0.1) is 10.7 Å². The molecule has 0 aliphatic carbocycles. The summed E-state index contributed by atoms with van der Waals surface area (Å²) in [5, 5.41) is 14.4. The van der Waals surface area contributed by atoms with Crippen molar-refractivity contribution in [3.05, 3.63) is 46.1 Å². The van der Waals surface area contributed by atoms with E-state index in [1.54, 1.807) is 30.3 Å². The number of hydrogen-bond acceptors (Lipinski definition) is 4. The molecule has 0 saturated carbocycles. The summed E-state index contributed by atoms with van der Waals surface area (Å²) in [4.78, 5) is 12.1. The zero-order valence-electron chi connectivity index (χ0n) is 11.4. The maximum atomic E-state index is 12.1. The highest BCUT2D eigenvalue weighted by Gasteiger charge is 2.11. The topological polar surface area (TPSA) is 66.9 Å². The average Bonchev–Trinajstić information content (AvgIpc) is 2.48. The predicted molar refractivity (Wildman–Crippen MR) is 85.2 cm³/mol. The van der Waals surface area contributed by atoms with Gasteiger partial charge >= 0.3 is 0 Å². The highest BCUT2D eigenvalue weighted by molar-refractivity contribution is 6.36. The van der Waals surface area contributed by atoms with E-state index in [-0.39, 0.29) is 11.6 Å². The van der Waals surface area contributed by atoms with Crippen molar-refractivity contribution in [2.24, 2.45) is 0 Å². The van der Waals surface area contributed by atoms with Gasteiger partial charge in [-0.15, -0.1) is 10.2 Å². The molecule has 7 heteroatoms. The van der Waals surface area contributed by atoms with Gasteiger partial charge in [-0.05, 0) is 36.8 Å². The van der Waals surface area contributed by atoms with Crippen molar-refractivity contribution in [1.82, 2.24) is 10.2 Å². The molecule has 0 aliphatic heterocycles. The molecule has 0 atom stereocenters. The van der Waals surface area contributed by atoms with Gasteiger partial charge in [-0.3, -0.25) is 4.79 Å². The molecule has 0 saturated heterocycles. The summed E-state index contributed by atoms with van der Waals surface area (Å²) < 4.78 is 0. The van der Waals surface area contributed by atoms with Crippen LogP contribution >= 0.6 is 23.2 Å². The van der Waals surface area contributed by atoms with Crippen molar-refractivity contribution in [3.8, 4) is 0 Å². The van der Waals surface area contributed by atoms with E-state index in [1.807, 2.05) is 0 Å². The Labute approximate surface area is 132 Å². The maximum absolute atomic E-state index is 12.1. The Morgan fingerprint density at radius 2 is 2.00 bits per heavy atom. The van der Waals surface area contributed by atoms with Crippen LogP contribution < -0.4 is 10.6 Å². The summed E-state index contributed by atoms with van der Waals surface area (Å²) in [6.07, 6.45) is 0.985. The zero-order chi connectivity index (χ0) is 15.2. The van der Waals surface area contributed by atoms with Gasteiger partial charge in [-0.1, -0.05) is 30.1 Å². The quantitative estimate of drug-likeness (QED) is 0.876. The van der Waals surface area contributed by atoms with Crippen LogP contribution in [-0.2, 0) is 0 Å². The summed E-state index contributed by atoms with van der Waals surface area (Å²) in [5.74, 6) is 0.256. The summed E-state index contributed by atoms with van der Waals surface area (Å²) in [7, 11) is 0. The molecule has 1 heterocycles. The molecule has 2 rings (SSSR count). The van der Waals surface area contributed by atoms with Crippen LogP contribution in [0.5, 0.6) is 0 Å². The van der Waals surface area contributed by atoms with Gasteiger partial charge in [0, 0.05) is 11.6 Å². The van der Waals surface area contributed by atoms with Crippen molar-refractivity contribution in [1.29, 1.82) is 0 Å². The molecule has 5 nitrogen and oxygen atoms in total. The molecule has 0 spiro atoms. The Hall–Kier alpha value is -1.85. The fourth-order valence-corrected chi connectivity index (χ4v) is 2.03. The molecule has 2 N–H and O–H groups in total. The van der Waals surface area contributed by atoms with Crippen LogP contribution in [0.4, 0.5) is 11.5 Å². The maximum Gasteiger partial charge on any atom is 0.276 e. The highest BCUT2D eigenvalue weighted by Crippen LogP contribution is 2.25. The minimum absolute atomic E-state index is 0.211. The first-order valence-electron chi connectivity index (χ1n) is 6.44. The average molecular weight is 325 g/mol. The Bertz CT molecular complexity index is 631. The lowest BCUT2D eigenvalue weighted by molar-refractivity contribution is 0.102. The lowest BCUT2D eigenvalue weighted by Crippen LogP contribution is -2.15. The van der Waals surface area contributed by atoms with Gasteiger partial charge in [-0.2, -0.15) is 0 Å². The number of amides is 1. The third kappa shape index (κ3) is 4.31. The van der Waals surface area contributed by atoms with E-state index in [0.29, 0.717) is 21.6 Å². The first-order valence-corrected chi connectivity index (χ1v) is 7.19. The number of benzene rings is 1. The number of carbonyl (C=O) groups excluding carboxylic acids is 1. The van der Waals surface area contributed by atoms with E-state index in [9.17, 15) is 4.79 Å². The summed E-state index contributed by atoms with van der Waals surface area (Å²) in [5.41, 5.74) is 0.684. The number of halogens is 2. The third-order valence-electron chi connectivity index (χ3n) is 2.63. The van der Waals surface area contributed by atoms with E-state index in [1.165, 1.54) is 0 Å². The van der Waals surface area contributed by atoms with Crippen molar-refractivity contribution in [3.63, 3.8) is 0 Å². The number of nitrogens with zero attached hydrogens (tertiary/aromatic N) is 2. The first kappa shape index (κ1) is 15.5. The van der Waals surface area contributed by atoms with Gasteiger partial charge in [0.25, 0.3) is 5.91 Å². The van der Waals surface area contributed by atoms with Crippen LogP contribution in [0.15, 0.2) is 30.3 Å². The van der Waals surface area contributed by atoms with Gasteiger partial charge in [0.2, 0.25) is 0 Å². The number of anilines is 2. The Kier molecular flexibility index (Phi) is 5.36. The monoisotopic (exact) mass is 324 g/mol. The minimum Gasteiger partial charge on any atom is -0.369 e. The molecule has 2 aromatic rings. The molecule has 21 heavy (non-hydrogen) atoms. The SMILES string of the molecule is CCCNc1ccc(C(=O)Nc2ccc(Cl)cc2Cl)nn1. The van der Waals surface area contributed by atoms with Crippen molar-refractivity contribution >= 4 is 40.6 Å². The molecule has 1 amide bonds. The van der Waals surface area contributed by atoms with Crippen LogP contribution in [0.2, 0.25) is 10.0 Å². The summed E-state index contributed by atoms with van der Waals surface area (Å²) in [6.45, 7) is 2.86. The van der Waals surface area contributed by atoms with Gasteiger partial charge < -0.3 is 10.6 Å². The lowest BCUT2D eigenvalue weighted by atomic mass is 10.3. The van der Waals surface area contributed by atoms with Gasteiger partial charge in [0.15, 0.2) is 5.69 Å². The van der Waals surface area contributed by atoms with Crippen LogP contribution in [0.25, 0.3) is 0 Å². The molecule has 0 unspecified atom stereocenters. The molecule has 0 bridgehead atoms. The second-order valence-corrected chi connectivity index (χ2v) is 5.15. The van der Waals surface area contributed by atoms with Crippen molar-refractivity contribution in [2.75, 3.05) is 17.2 Å². The Morgan fingerprint density at radius 1 is 1.19 bits per heavy atom. The second-order valence-electron chi connectivity index (χ2n) is 4.31. The number of nitrogens with one attached hydrogen (secondary N) is 2. The fourth-order valence-electron chi connectivity index (χ4n) is 1.58. The number of aromatic nitrogens is 2. The Balaban J connectivity index is 2.06. The van der Waals surface area contributed by atoms with Crippen molar-refractivity contribution in [2.45, 2.75) is 13.3 Å². The predicted octanol–water partition coefficient (Wildman–Crippen LogP) is 3.86. The molecular formula is C14H14Cl2N4O. The first-order chi connectivity index (χ1) is 10.1. The molecule has 0 radical (unpaired) electrons. The van der Waals surface area contributed by atoms with E-state index in [2.05, 4.69) is 27.8 Å². The minimum atomic E-state index is -0.381. The van der Waals surface area contributed by atoms with E-state index in [4.69, 9.17) is 23.2 Å². The molecule has 0 fully saturated rings. The van der Waals surface area contributed by atoms with Gasteiger partial charge in [0.1, 0.15) is 5.82 Å². The van der Waals surface area contributed by atoms with Crippen LogP contribution in [0.3, 0.4) is 0 Å². The largest absolute Gasteiger partial charge is 0.369 e. The van der Waals surface area contributed by atoms with Crippen LogP contribution in [-0.4, -0.2) is 22.6 Å². The van der Waals surface area contributed by atoms with Crippen LogP contribution in [0.1, 0.15) is 23.8 Å². The molecule has 1 aromatic heterocycles. The normalized spacial score (nSPS) is 10.2. The van der Waals surface area contributed by atoms with Crippen LogP contribution in [0, 0.1) is 0 Å². The smallest absolute Gasteiger partial charge is 0.276 e. The molecular weight excluding hydrogens is 311 g/mol. The molecule has 0 aliphatic rings. The molecule has 110 valence electrons. The number of hydrogen-bond donors (Lipinski definition) is 2. The Morgan fingerprint density at radius 3 is 2.62 bits per heavy atom. The number of carbonyl (C=O) groups is 1. The number of rotatable bonds is 5.